The lowest BCUT2D eigenvalue weighted by Gasteiger charge is -2.06. The molecule has 0 aromatic heterocycles. The molecule has 2 aromatic rings. The molecule has 0 bridgehead atoms. The second-order valence-corrected chi connectivity index (χ2v) is 4.69. The topological polar surface area (TPSA) is 9.23 Å². The Bertz CT molecular complexity index is 549. The molecule has 0 atom stereocenters. The van der Waals surface area contributed by atoms with Crippen molar-refractivity contribution in [1.29, 1.82) is 0 Å². The zero-order chi connectivity index (χ0) is 14.2. The molecule has 20 heavy (non-hydrogen) atoms. The fourth-order valence-corrected chi connectivity index (χ4v) is 2.05. The lowest BCUT2D eigenvalue weighted by atomic mass is 10.0. The summed E-state index contributed by atoms with van der Waals surface area (Å²) in [5.41, 5.74) is 4.93. The molecule has 0 radical (unpaired) electrons. The maximum atomic E-state index is 5.43. The third kappa shape index (κ3) is 3.94. The Balaban J connectivity index is 2.05. The Morgan fingerprint density at radius 2 is 1.30 bits per heavy atom. The molecule has 0 unspecified atom stereocenters. The minimum Gasteiger partial charge on any atom is -0.373 e. The van der Waals surface area contributed by atoms with Gasteiger partial charge in [-0.25, -0.2) is 0 Å². The Kier molecular flexibility index (Phi) is 5.33. The summed E-state index contributed by atoms with van der Waals surface area (Å²) in [5, 5.41) is 0. The van der Waals surface area contributed by atoms with Crippen molar-refractivity contribution in [2.75, 3.05) is 6.61 Å². The zero-order valence-corrected chi connectivity index (χ0v) is 11.7. The van der Waals surface area contributed by atoms with Crippen LogP contribution in [0.25, 0.3) is 11.1 Å². The van der Waals surface area contributed by atoms with Gasteiger partial charge in [0, 0.05) is 0 Å². The SMILES string of the molecule is C=CCOCc1ccc(-c2ccc(CC=C)cc2)cc1. The van der Waals surface area contributed by atoms with Gasteiger partial charge in [0.05, 0.1) is 13.2 Å². The van der Waals surface area contributed by atoms with Crippen LogP contribution in [0.3, 0.4) is 0 Å². The average Bonchev–Trinajstić information content (AvgIpc) is 2.49. The average molecular weight is 264 g/mol. The molecule has 0 aliphatic rings. The molecule has 0 aliphatic heterocycles. The number of rotatable bonds is 7. The highest BCUT2D eigenvalue weighted by Crippen LogP contribution is 2.21. The number of hydrogen-bond acceptors (Lipinski definition) is 1. The van der Waals surface area contributed by atoms with E-state index in [0.29, 0.717) is 13.2 Å². The zero-order valence-electron chi connectivity index (χ0n) is 11.7. The van der Waals surface area contributed by atoms with Gasteiger partial charge in [-0.3, -0.25) is 0 Å². The molecule has 0 amide bonds. The van der Waals surface area contributed by atoms with E-state index in [2.05, 4.69) is 61.7 Å². The summed E-state index contributed by atoms with van der Waals surface area (Å²) in [7, 11) is 0. The number of ether oxygens (including phenoxy) is 1. The van der Waals surface area contributed by atoms with Crippen LogP contribution >= 0.6 is 0 Å². The molecular weight excluding hydrogens is 244 g/mol. The largest absolute Gasteiger partial charge is 0.373 e. The summed E-state index contributed by atoms with van der Waals surface area (Å²) >= 11 is 0. The number of benzene rings is 2. The van der Waals surface area contributed by atoms with Crippen LogP contribution in [0, 0.1) is 0 Å². The summed E-state index contributed by atoms with van der Waals surface area (Å²) < 4.78 is 5.43. The second-order valence-electron chi connectivity index (χ2n) is 4.69. The third-order valence-electron chi connectivity index (χ3n) is 3.13. The summed E-state index contributed by atoms with van der Waals surface area (Å²) in [6.07, 6.45) is 4.60. The maximum Gasteiger partial charge on any atom is 0.0721 e. The van der Waals surface area contributed by atoms with Gasteiger partial charge in [-0.15, -0.1) is 13.2 Å². The van der Waals surface area contributed by atoms with Crippen LogP contribution in [-0.4, -0.2) is 6.61 Å². The van der Waals surface area contributed by atoms with Gasteiger partial charge in [0.25, 0.3) is 0 Å². The van der Waals surface area contributed by atoms with Crippen LogP contribution in [0.5, 0.6) is 0 Å². The first kappa shape index (κ1) is 14.3. The minimum atomic E-state index is 0.590. The van der Waals surface area contributed by atoms with E-state index in [1.165, 1.54) is 22.3 Å². The predicted octanol–water partition coefficient (Wildman–Crippen LogP) is 4.78. The number of hydrogen-bond donors (Lipinski definition) is 0. The van der Waals surface area contributed by atoms with Crippen molar-refractivity contribution in [1.82, 2.24) is 0 Å². The molecule has 0 saturated carbocycles. The Hall–Kier alpha value is -2.12. The highest BCUT2D eigenvalue weighted by Gasteiger charge is 1.99. The van der Waals surface area contributed by atoms with Crippen molar-refractivity contribution in [2.24, 2.45) is 0 Å². The molecule has 0 spiro atoms. The van der Waals surface area contributed by atoms with Crippen LogP contribution in [0.4, 0.5) is 0 Å². The van der Waals surface area contributed by atoms with E-state index in [9.17, 15) is 0 Å². The Labute approximate surface area is 121 Å². The first-order valence-corrected chi connectivity index (χ1v) is 6.81. The summed E-state index contributed by atoms with van der Waals surface area (Å²) in [4.78, 5) is 0. The van der Waals surface area contributed by atoms with Crippen molar-refractivity contribution in [3.63, 3.8) is 0 Å². The summed E-state index contributed by atoms with van der Waals surface area (Å²) in [5.74, 6) is 0. The highest BCUT2D eigenvalue weighted by atomic mass is 16.5. The number of allylic oxidation sites excluding steroid dienone is 1. The van der Waals surface area contributed by atoms with E-state index in [0.717, 1.165) is 6.42 Å². The van der Waals surface area contributed by atoms with Gasteiger partial charge in [0.1, 0.15) is 0 Å². The first-order chi connectivity index (χ1) is 9.83. The lowest BCUT2D eigenvalue weighted by Crippen LogP contribution is -1.92. The molecule has 0 saturated heterocycles. The maximum absolute atomic E-state index is 5.43. The van der Waals surface area contributed by atoms with Gasteiger partial charge in [-0.2, -0.15) is 0 Å². The molecule has 2 rings (SSSR count). The third-order valence-corrected chi connectivity index (χ3v) is 3.13. The highest BCUT2D eigenvalue weighted by molar-refractivity contribution is 5.64. The smallest absolute Gasteiger partial charge is 0.0721 e. The van der Waals surface area contributed by atoms with E-state index in [-0.39, 0.29) is 0 Å². The standard InChI is InChI=1S/C19H20O/c1-3-5-16-6-10-18(11-7-16)19-12-8-17(9-13-19)15-20-14-4-2/h3-4,6-13H,1-2,5,14-15H2. The summed E-state index contributed by atoms with van der Waals surface area (Å²) in [6.45, 7) is 8.61. The Morgan fingerprint density at radius 3 is 1.80 bits per heavy atom. The summed E-state index contributed by atoms with van der Waals surface area (Å²) in [6, 6.07) is 17.1. The molecule has 2 aromatic carbocycles. The van der Waals surface area contributed by atoms with E-state index in [1.807, 2.05) is 6.08 Å². The predicted molar refractivity (Wildman–Crippen MR) is 85.6 cm³/mol. The molecule has 102 valence electrons. The second kappa shape index (κ2) is 7.46. The van der Waals surface area contributed by atoms with Gasteiger partial charge < -0.3 is 4.74 Å². The van der Waals surface area contributed by atoms with Crippen molar-refractivity contribution in [3.8, 4) is 11.1 Å². The van der Waals surface area contributed by atoms with Crippen molar-refractivity contribution >= 4 is 0 Å². The molecular formula is C19H20O. The van der Waals surface area contributed by atoms with Crippen molar-refractivity contribution in [3.05, 3.63) is 85.0 Å². The molecule has 0 heterocycles. The van der Waals surface area contributed by atoms with Crippen LogP contribution in [-0.2, 0) is 17.8 Å². The molecule has 1 heteroatoms. The monoisotopic (exact) mass is 264 g/mol. The van der Waals surface area contributed by atoms with Crippen LogP contribution in [0.1, 0.15) is 11.1 Å². The van der Waals surface area contributed by atoms with Gasteiger partial charge in [-0.05, 0) is 28.7 Å². The van der Waals surface area contributed by atoms with Crippen molar-refractivity contribution < 1.29 is 4.74 Å². The van der Waals surface area contributed by atoms with Gasteiger partial charge in [-0.1, -0.05) is 60.7 Å². The molecule has 0 fully saturated rings. The van der Waals surface area contributed by atoms with Gasteiger partial charge in [0.15, 0.2) is 0 Å². The van der Waals surface area contributed by atoms with Crippen LogP contribution < -0.4 is 0 Å². The van der Waals surface area contributed by atoms with Crippen LogP contribution in [0.15, 0.2) is 73.8 Å². The van der Waals surface area contributed by atoms with E-state index < -0.39 is 0 Å². The van der Waals surface area contributed by atoms with E-state index in [1.54, 1.807) is 6.08 Å². The van der Waals surface area contributed by atoms with E-state index in [4.69, 9.17) is 4.74 Å². The fraction of sp³-hybridized carbons (Fsp3) is 0.158. The molecule has 0 aliphatic carbocycles. The molecule has 0 N–H and O–H groups in total. The van der Waals surface area contributed by atoms with Gasteiger partial charge >= 0.3 is 0 Å². The lowest BCUT2D eigenvalue weighted by molar-refractivity contribution is 0.149. The van der Waals surface area contributed by atoms with Gasteiger partial charge in [0.2, 0.25) is 0 Å². The van der Waals surface area contributed by atoms with E-state index >= 15 is 0 Å². The quantitative estimate of drug-likeness (QED) is 0.516. The minimum absolute atomic E-state index is 0.590. The fourth-order valence-electron chi connectivity index (χ4n) is 2.05. The van der Waals surface area contributed by atoms with Crippen LogP contribution in [0.2, 0.25) is 0 Å². The normalized spacial score (nSPS) is 10.2. The Morgan fingerprint density at radius 1 is 0.750 bits per heavy atom. The first-order valence-electron chi connectivity index (χ1n) is 6.81. The van der Waals surface area contributed by atoms with Crippen molar-refractivity contribution in [2.45, 2.75) is 13.0 Å². The molecule has 1 nitrogen and oxygen atoms in total.